The Hall–Kier alpha value is -1.88. The summed E-state index contributed by atoms with van der Waals surface area (Å²) in [6.45, 7) is -2.63. The Balaban J connectivity index is 2.18. The molecule has 5 nitrogen and oxygen atoms in total. The summed E-state index contributed by atoms with van der Waals surface area (Å²) in [4.78, 5) is 11.7. The van der Waals surface area contributed by atoms with Crippen LogP contribution in [0.5, 0.6) is 5.75 Å². The van der Waals surface area contributed by atoms with Crippen LogP contribution in [0.25, 0.3) is 0 Å². The van der Waals surface area contributed by atoms with Gasteiger partial charge >= 0.3 is 12.8 Å². The van der Waals surface area contributed by atoms with Gasteiger partial charge in [0.05, 0.1) is 0 Å². The Bertz CT molecular complexity index is 756. The fourth-order valence-electron chi connectivity index (χ4n) is 2.11. The molecule has 2 aromatic carbocycles. The normalized spacial score (nSPS) is 16.0. The van der Waals surface area contributed by atoms with Gasteiger partial charge in [-0.2, -0.15) is 0 Å². The van der Waals surface area contributed by atoms with Crippen molar-refractivity contribution < 1.29 is 23.4 Å². The van der Waals surface area contributed by atoms with Crippen molar-refractivity contribution in [3.63, 3.8) is 0 Å². The molecule has 0 saturated heterocycles. The van der Waals surface area contributed by atoms with Gasteiger partial charge in [0.25, 0.3) is 0 Å². The summed E-state index contributed by atoms with van der Waals surface area (Å²) in [7, 11) is 0. The number of carboxylic acid groups (broad SMARTS) is 1. The highest BCUT2D eigenvalue weighted by molar-refractivity contribution is 7.84. The lowest BCUT2D eigenvalue weighted by atomic mass is 9.94. The molecule has 128 valence electrons. The Morgan fingerprint density at radius 2 is 1.83 bits per heavy atom. The van der Waals surface area contributed by atoms with Crippen molar-refractivity contribution in [2.45, 2.75) is 18.9 Å². The van der Waals surface area contributed by atoms with E-state index in [0.717, 1.165) is 0 Å². The van der Waals surface area contributed by atoms with E-state index in [1.165, 1.54) is 31.2 Å². The molecule has 2 N–H and O–H groups in total. The summed E-state index contributed by atoms with van der Waals surface area (Å²) in [6, 6.07) is 13.5. The van der Waals surface area contributed by atoms with Crippen LogP contribution in [0, 0.1) is 5.82 Å². The van der Waals surface area contributed by atoms with Crippen molar-refractivity contribution >= 4 is 24.1 Å². The van der Waals surface area contributed by atoms with E-state index in [2.05, 4.69) is 5.09 Å². The monoisotopic (exact) mass is 371 g/mol. The molecule has 0 aliphatic carbocycles. The highest BCUT2D eigenvalue weighted by atomic mass is 35.7. The van der Waals surface area contributed by atoms with E-state index in [1.807, 2.05) is 0 Å². The standard InChI is InChI=1S/C16H16ClFNO4P/c1-16(15(20)21,11-12-7-9-13(18)10-8-12)19-24(17,22)23-14-5-3-2-4-6-14/h2-10H,11H2,1H3,(H,19,22)(H,20,21)/t16-,24?/m1/s1. The molecule has 0 aliphatic rings. The van der Waals surface area contributed by atoms with E-state index in [9.17, 15) is 18.9 Å². The summed E-state index contributed by atoms with van der Waals surface area (Å²) in [5.74, 6) is -1.44. The van der Waals surface area contributed by atoms with Crippen LogP contribution in [0.15, 0.2) is 54.6 Å². The average molecular weight is 372 g/mol. The van der Waals surface area contributed by atoms with E-state index in [0.29, 0.717) is 5.56 Å². The van der Waals surface area contributed by atoms with Crippen LogP contribution in [0.4, 0.5) is 4.39 Å². The SMILES string of the molecule is C[C@](Cc1ccc(F)cc1)(NP(=O)(Cl)Oc1ccccc1)C(=O)O. The Morgan fingerprint density at radius 3 is 2.38 bits per heavy atom. The largest absolute Gasteiger partial charge is 0.480 e. The van der Waals surface area contributed by atoms with Crippen LogP contribution in [0.2, 0.25) is 0 Å². The van der Waals surface area contributed by atoms with Crippen molar-refractivity contribution in [1.82, 2.24) is 5.09 Å². The van der Waals surface area contributed by atoms with Gasteiger partial charge in [-0.1, -0.05) is 30.3 Å². The molecule has 2 atom stereocenters. The quantitative estimate of drug-likeness (QED) is 0.712. The summed E-state index contributed by atoms with van der Waals surface area (Å²) in [5.41, 5.74) is -1.12. The zero-order valence-electron chi connectivity index (χ0n) is 12.8. The van der Waals surface area contributed by atoms with Crippen molar-refractivity contribution in [1.29, 1.82) is 0 Å². The summed E-state index contributed by atoms with van der Waals surface area (Å²) < 4.78 is 30.6. The first-order valence-corrected chi connectivity index (χ1v) is 9.55. The van der Waals surface area contributed by atoms with Gasteiger partial charge in [-0.3, -0.25) is 4.79 Å². The third-order valence-corrected chi connectivity index (χ3v) is 4.96. The van der Waals surface area contributed by atoms with E-state index in [4.69, 9.17) is 15.8 Å². The van der Waals surface area contributed by atoms with Gasteiger partial charge < -0.3 is 9.63 Å². The van der Waals surface area contributed by atoms with Gasteiger partial charge in [-0.05, 0) is 36.8 Å². The van der Waals surface area contributed by atoms with Gasteiger partial charge in [0.1, 0.15) is 17.1 Å². The van der Waals surface area contributed by atoms with Crippen LogP contribution < -0.4 is 9.61 Å². The number of nitrogens with one attached hydrogen (secondary N) is 1. The van der Waals surface area contributed by atoms with Gasteiger partial charge in [0.15, 0.2) is 0 Å². The lowest BCUT2D eigenvalue weighted by molar-refractivity contribution is -0.143. The number of hydrogen-bond donors (Lipinski definition) is 2. The molecular formula is C16H16ClFNO4P. The van der Waals surface area contributed by atoms with Gasteiger partial charge in [0.2, 0.25) is 0 Å². The molecule has 0 saturated carbocycles. The van der Waals surface area contributed by atoms with Crippen LogP contribution in [-0.4, -0.2) is 16.6 Å². The molecule has 0 radical (unpaired) electrons. The minimum Gasteiger partial charge on any atom is -0.480 e. The third-order valence-electron chi connectivity index (χ3n) is 3.29. The molecule has 8 heteroatoms. The Kier molecular flexibility index (Phi) is 5.65. The lowest BCUT2D eigenvalue weighted by Gasteiger charge is -2.28. The molecule has 0 fully saturated rings. The smallest absolute Gasteiger partial charge is 0.410 e. The number of carboxylic acids is 1. The average Bonchev–Trinajstić information content (AvgIpc) is 2.49. The summed E-state index contributed by atoms with van der Waals surface area (Å²) in [5, 5.41) is 11.9. The second kappa shape index (κ2) is 7.34. The predicted molar refractivity (Wildman–Crippen MR) is 89.8 cm³/mol. The molecule has 2 aromatic rings. The molecule has 0 bridgehead atoms. The number of para-hydroxylation sites is 1. The second-order valence-corrected chi connectivity index (χ2v) is 8.14. The van der Waals surface area contributed by atoms with Crippen molar-refractivity contribution in [3.8, 4) is 5.75 Å². The van der Waals surface area contributed by atoms with Crippen molar-refractivity contribution in [2.75, 3.05) is 0 Å². The molecular weight excluding hydrogens is 356 g/mol. The summed E-state index contributed by atoms with van der Waals surface area (Å²) in [6.07, 6.45) is -0.0581. The molecule has 0 heterocycles. The molecule has 2 rings (SSSR count). The third kappa shape index (κ3) is 5.06. The van der Waals surface area contributed by atoms with E-state index < -0.39 is 24.2 Å². The maximum absolute atomic E-state index is 13.0. The second-order valence-electron chi connectivity index (χ2n) is 5.44. The van der Waals surface area contributed by atoms with Crippen molar-refractivity contribution in [3.05, 3.63) is 66.0 Å². The topological polar surface area (TPSA) is 75.6 Å². The van der Waals surface area contributed by atoms with Crippen LogP contribution in [-0.2, 0) is 15.8 Å². The number of halogens is 2. The Morgan fingerprint density at radius 1 is 1.25 bits per heavy atom. The number of carbonyl (C=O) groups is 1. The van der Waals surface area contributed by atoms with E-state index in [-0.39, 0.29) is 12.2 Å². The van der Waals surface area contributed by atoms with Gasteiger partial charge in [-0.25, -0.2) is 14.0 Å². The zero-order chi connectivity index (χ0) is 17.8. The fourth-order valence-corrected chi connectivity index (χ4v) is 4.11. The number of benzene rings is 2. The molecule has 0 aliphatic heterocycles. The molecule has 1 unspecified atom stereocenters. The molecule has 0 spiro atoms. The highest BCUT2D eigenvalue weighted by Crippen LogP contribution is 2.50. The summed E-state index contributed by atoms with van der Waals surface area (Å²) >= 11 is 5.89. The lowest BCUT2D eigenvalue weighted by Crippen LogP contribution is -2.49. The number of rotatable bonds is 7. The van der Waals surface area contributed by atoms with Crippen molar-refractivity contribution in [2.24, 2.45) is 0 Å². The predicted octanol–water partition coefficient (Wildman–Crippen LogP) is 4.23. The van der Waals surface area contributed by atoms with Crippen LogP contribution in [0.1, 0.15) is 12.5 Å². The Labute approximate surface area is 143 Å². The van der Waals surface area contributed by atoms with Crippen LogP contribution in [0.3, 0.4) is 0 Å². The number of aliphatic carboxylic acids is 1. The minimum atomic E-state index is -3.97. The first-order chi connectivity index (χ1) is 11.2. The number of hydrogen-bond acceptors (Lipinski definition) is 3. The molecule has 24 heavy (non-hydrogen) atoms. The van der Waals surface area contributed by atoms with E-state index >= 15 is 0 Å². The zero-order valence-corrected chi connectivity index (χ0v) is 14.4. The fraction of sp³-hybridized carbons (Fsp3) is 0.188. The molecule has 0 amide bonds. The van der Waals surface area contributed by atoms with Gasteiger partial charge in [-0.15, -0.1) is 0 Å². The van der Waals surface area contributed by atoms with E-state index in [1.54, 1.807) is 30.3 Å². The highest BCUT2D eigenvalue weighted by Gasteiger charge is 2.40. The van der Waals surface area contributed by atoms with Crippen LogP contribution >= 0.6 is 18.1 Å². The first-order valence-electron chi connectivity index (χ1n) is 7.02. The minimum absolute atomic E-state index is 0.0581. The molecule has 0 aromatic heterocycles. The first kappa shape index (κ1) is 18.5. The maximum atomic E-state index is 13.0. The maximum Gasteiger partial charge on any atom is 0.410 e. The van der Waals surface area contributed by atoms with Gasteiger partial charge in [0, 0.05) is 17.7 Å².